The van der Waals surface area contributed by atoms with Gasteiger partial charge in [0.25, 0.3) is 0 Å². The van der Waals surface area contributed by atoms with Gasteiger partial charge in [-0.3, -0.25) is 0 Å². The zero-order valence-corrected chi connectivity index (χ0v) is 12.6. The molecule has 104 valence electrons. The Labute approximate surface area is 110 Å². The van der Waals surface area contributed by atoms with Gasteiger partial charge in [0.2, 0.25) is 0 Å². The summed E-state index contributed by atoms with van der Waals surface area (Å²) >= 11 is 0. The van der Waals surface area contributed by atoms with Crippen LogP contribution in [0.3, 0.4) is 0 Å². The van der Waals surface area contributed by atoms with Crippen molar-refractivity contribution in [3.63, 3.8) is 0 Å². The van der Waals surface area contributed by atoms with E-state index in [1.54, 1.807) is 0 Å². The Morgan fingerprint density at radius 3 is 1.41 bits per heavy atom. The summed E-state index contributed by atoms with van der Waals surface area (Å²) < 4.78 is 0. The van der Waals surface area contributed by atoms with Crippen molar-refractivity contribution in [2.45, 2.75) is 103 Å². The Hall–Kier alpha value is -0.0400. The summed E-state index contributed by atoms with van der Waals surface area (Å²) in [6, 6.07) is 0. The highest BCUT2D eigenvalue weighted by molar-refractivity contribution is 4.83. The molecule has 0 radical (unpaired) electrons. The van der Waals surface area contributed by atoms with E-state index in [2.05, 4.69) is 20.8 Å². The van der Waals surface area contributed by atoms with E-state index < -0.39 is 0 Å². The first-order chi connectivity index (χ1) is 8.18. The predicted octanol–water partition coefficient (Wildman–Crippen LogP) is 5.42. The Morgan fingerprint density at radius 2 is 1.06 bits per heavy atom. The molecule has 0 spiro atoms. The molecule has 17 heavy (non-hydrogen) atoms. The second-order valence-corrected chi connectivity index (χ2v) is 5.73. The number of hydrogen-bond donors (Lipinski definition) is 1. The van der Waals surface area contributed by atoms with Crippen molar-refractivity contribution in [2.75, 3.05) is 0 Å². The van der Waals surface area contributed by atoms with Gasteiger partial charge in [0, 0.05) is 5.54 Å². The van der Waals surface area contributed by atoms with E-state index in [1.807, 2.05) is 0 Å². The van der Waals surface area contributed by atoms with Crippen LogP contribution in [0.25, 0.3) is 0 Å². The van der Waals surface area contributed by atoms with Crippen molar-refractivity contribution >= 4 is 0 Å². The molecule has 0 aliphatic heterocycles. The van der Waals surface area contributed by atoms with Crippen LogP contribution in [0.2, 0.25) is 0 Å². The molecule has 1 nitrogen and oxygen atoms in total. The predicted molar refractivity (Wildman–Crippen MR) is 79.3 cm³/mol. The highest BCUT2D eigenvalue weighted by Gasteiger charge is 2.22. The lowest BCUT2D eigenvalue weighted by Gasteiger charge is -2.29. The maximum Gasteiger partial charge on any atom is 0.0154 e. The van der Waals surface area contributed by atoms with E-state index in [-0.39, 0.29) is 5.54 Å². The fourth-order valence-corrected chi connectivity index (χ4v) is 2.68. The van der Waals surface area contributed by atoms with Crippen LogP contribution in [0.4, 0.5) is 0 Å². The lowest BCUT2D eigenvalue weighted by atomic mass is 9.83. The topological polar surface area (TPSA) is 26.0 Å². The van der Waals surface area contributed by atoms with Gasteiger partial charge >= 0.3 is 0 Å². The Bertz CT molecular complexity index is 142. The second kappa shape index (κ2) is 11.1. The van der Waals surface area contributed by atoms with Crippen LogP contribution < -0.4 is 5.73 Å². The molecule has 0 aromatic rings. The number of rotatable bonds is 12. The molecular formula is C16H35N. The maximum absolute atomic E-state index is 6.57. The highest BCUT2D eigenvalue weighted by atomic mass is 14.7. The van der Waals surface area contributed by atoms with E-state index in [4.69, 9.17) is 5.73 Å². The molecule has 0 aromatic heterocycles. The van der Waals surface area contributed by atoms with Crippen LogP contribution in [0.1, 0.15) is 97.8 Å². The molecule has 1 heteroatoms. The van der Waals surface area contributed by atoms with Crippen LogP contribution in [0.15, 0.2) is 0 Å². The van der Waals surface area contributed by atoms with Crippen LogP contribution in [-0.4, -0.2) is 5.54 Å². The lowest BCUT2D eigenvalue weighted by molar-refractivity contribution is 0.312. The van der Waals surface area contributed by atoms with Crippen molar-refractivity contribution in [3.05, 3.63) is 0 Å². The minimum atomic E-state index is 0.149. The average Bonchev–Trinajstić information content (AvgIpc) is 2.31. The van der Waals surface area contributed by atoms with Gasteiger partial charge in [0.05, 0.1) is 0 Å². The van der Waals surface area contributed by atoms with E-state index in [9.17, 15) is 0 Å². The second-order valence-electron chi connectivity index (χ2n) is 5.73. The molecule has 0 bridgehead atoms. The van der Waals surface area contributed by atoms with Crippen LogP contribution >= 0.6 is 0 Å². The summed E-state index contributed by atoms with van der Waals surface area (Å²) in [6.45, 7) is 6.80. The average molecular weight is 241 g/mol. The summed E-state index contributed by atoms with van der Waals surface area (Å²) in [5.41, 5.74) is 6.72. The first-order valence-corrected chi connectivity index (χ1v) is 7.97. The molecule has 0 aliphatic carbocycles. The molecular weight excluding hydrogens is 206 g/mol. The molecule has 2 N–H and O–H groups in total. The molecule has 0 aliphatic rings. The molecule has 0 unspecified atom stereocenters. The van der Waals surface area contributed by atoms with Crippen molar-refractivity contribution in [1.82, 2.24) is 0 Å². The van der Waals surface area contributed by atoms with Gasteiger partial charge in [-0.15, -0.1) is 0 Å². The summed E-state index contributed by atoms with van der Waals surface area (Å²) in [5, 5.41) is 0. The fourth-order valence-electron chi connectivity index (χ4n) is 2.68. The molecule has 0 saturated carbocycles. The Balaban J connectivity index is 3.80. The minimum absolute atomic E-state index is 0.149. The van der Waals surface area contributed by atoms with Gasteiger partial charge in [-0.2, -0.15) is 0 Å². The third-order valence-electron chi connectivity index (χ3n) is 3.80. The van der Waals surface area contributed by atoms with Crippen molar-refractivity contribution < 1.29 is 0 Å². The molecule has 0 aromatic carbocycles. The number of unbranched alkanes of at least 4 members (excludes halogenated alkanes) is 6. The summed E-state index contributed by atoms with van der Waals surface area (Å²) in [7, 11) is 0. The Kier molecular flexibility index (Phi) is 11.0. The maximum atomic E-state index is 6.57. The van der Waals surface area contributed by atoms with E-state index in [0.29, 0.717) is 0 Å². The Morgan fingerprint density at radius 1 is 0.588 bits per heavy atom. The first-order valence-electron chi connectivity index (χ1n) is 7.97. The van der Waals surface area contributed by atoms with E-state index in [0.717, 1.165) is 0 Å². The lowest BCUT2D eigenvalue weighted by Crippen LogP contribution is -2.39. The highest BCUT2D eigenvalue weighted by Crippen LogP contribution is 2.25. The molecule has 0 rings (SSSR count). The molecule has 0 fully saturated rings. The summed E-state index contributed by atoms with van der Waals surface area (Å²) in [5.74, 6) is 0. The third-order valence-corrected chi connectivity index (χ3v) is 3.80. The van der Waals surface area contributed by atoms with Crippen LogP contribution in [0, 0.1) is 0 Å². The largest absolute Gasteiger partial charge is 0.325 e. The molecule has 0 heterocycles. The third kappa shape index (κ3) is 9.64. The standard InChI is InChI=1S/C16H35N/c1-4-7-9-11-14-16(17,13-6-3)15-12-10-8-5-2/h4-15,17H2,1-3H3. The van der Waals surface area contributed by atoms with Gasteiger partial charge in [-0.05, 0) is 19.3 Å². The smallest absolute Gasteiger partial charge is 0.0154 e. The van der Waals surface area contributed by atoms with Gasteiger partial charge in [-0.1, -0.05) is 78.6 Å². The fraction of sp³-hybridized carbons (Fsp3) is 1.00. The molecule has 0 amide bonds. The zero-order valence-electron chi connectivity index (χ0n) is 12.6. The van der Waals surface area contributed by atoms with Gasteiger partial charge in [-0.25, -0.2) is 0 Å². The van der Waals surface area contributed by atoms with Crippen molar-refractivity contribution in [2.24, 2.45) is 5.73 Å². The van der Waals surface area contributed by atoms with Gasteiger partial charge < -0.3 is 5.73 Å². The van der Waals surface area contributed by atoms with E-state index >= 15 is 0 Å². The molecule has 0 atom stereocenters. The van der Waals surface area contributed by atoms with E-state index in [1.165, 1.54) is 77.0 Å². The molecule has 0 saturated heterocycles. The summed E-state index contributed by atoms with van der Waals surface area (Å²) in [4.78, 5) is 0. The van der Waals surface area contributed by atoms with Crippen LogP contribution in [0.5, 0.6) is 0 Å². The van der Waals surface area contributed by atoms with Gasteiger partial charge in [0.15, 0.2) is 0 Å². The van der Waals surface area contributed by atoms with Crippen molar-refractivity contribution in [1.29, 1.82) is 0 Å². The normalized spacial score (nSPS) is 12.0. The van der Waals surface area contributed by atoms with Crippen molar-refractivity contribution in [3.8, 4) is 0 Å². The number of nitrogens with two attached hydrogens (primary N) is 1. The van der Waals surface area contributed by atoms with Crippen LogP contribution in [-0.2, 0) is 0 Å². The minimum Gasteiger partial charge on any atom is -0.325 e. The SMILES string of the molecule is CCCCCCC(N)(CCC)CCCCCC. The zero-order chi connectivity index (χ0) is 13.0. The first kappa shape index (κ1) is 17.0. The summed E-state index contributed by atoms with van der Waals surface area (Å²) in [6.07, 6.45) is 15.7. The van der Waals surface area contributed by atoms with Gasteiger partial charge in [0.1, 0.15) is 0 Å². The quantitative estimate of drug-likeness (QED) is 0.453. The monoisotopic (exact) mass is 241 g/mol. The number of hydrogen-bond acceptors (Lipinski definition) is 1.